The van der Waals surface area contributed by atoms with Crippen LogP contribution in [0.25, 0.3) is 0 Å². The molecular formula is C19H30N4O2. The molecule has 6 heteroatoms. The number of ether oxygens (including phenoxy) is 1. The first-order chi connectivity index (χ1) is 12.2. The fraction of sp³-hybridized carbons (Fsp3) is 0.789. The average molecular weight is 346 g/mol. The summed E-state index contributed by atoms with van der Waals surface area (Å²) in [7, 11) is 1.93. The van der Waals surface area contributed by atoms with Gasteiger partial charge in [-0.05, 0) is 50.5 Å². The van der Waals surface area contributed by atoms with E-state index in [4.69, 9.17) is 4.74 Å². The fourth-order valence-corrected chi connectivity index (χ4v) is 4.71. The average Bonchev–Trinajstić information content (AvgIpc) is 2.87. The zero-order chi connectivity index (χ0) is 17.2. The lowest BCUT2D eigenvalue weighted by atomic mass is 9.82. The van der Waals surface area contributed by atoms with Crippen molar-refractivity contribution in [3.63, 3.8) is 0 Å². The van der Waals surface area contributed by atoms with Gasteiger partial charge in [-0.15, -0.1) is 0 Å². The summed E-state index contributed by atoms with van der Waals surface area (Å²) in [6, 6.07) is 0.339. The van der Waals surface area contributed by atoms with Crippen molar-refractivity contribution in [2.24, 2.45) is 5.92 Å². The number of fused-ring (bicyclic) bond motifs is 2. The molecule has 2 heterocycles. The Balaban J connectivity index is 1.38. The fourth-order valence-electron chi connectivity index (χ4n) is 4.71. The summed E-state index contributed by atoms with van der Waals surface area (Å²) in [5.41, 5.74) is 3.72. The molecule has 0 bridgehead atoms. The molecule has 6 nitrogen and oxygen atoms in total. The van der Waals surface area contributed by atoms with Crippen LogP contribution in [0.4, 0.5) is 0 Å². The summed E-state index contributed by atoms with van der Waals surface area (Å²) in [5.74, 6) is 0.370. The molecule has 0 unspecified atom stereocenters. The summed E-state index contributed by atoms with van der Waals surface area (Å²) >= 11 is 0. The summed E-state index contributed by atoms with van der Waals surface area (Å²) in [5, 5.41) is 11.3. The number of nitrogens with zero attached hydrogens (tertiary/aromatic N) is 2. The number of rotatable bonds is 3. The SMILES string of the molecule is CN(Cc1n[nH]c2c1CCCCC2)C(=O)[C@H]1CC[C@H]2OCCN[C@@H]2C1. The summed E-state index contributed by atoms with van der Waals surface area (Å²) in [6.45, 7) is 2.32. The number of hydrogen-bond acceptors (Lipinski definition) is 4. The number of carbonyl (C=O) groups excluding carboxylic acids is 1. The van der Waals surface area contributed by atoms with Crippen LogP contribution in [-0.4, -0.2) is 53.3 Å². The van der Waals surface area contributed by atoms with Gasteiger partial charge in [-0.2, -0.15) is 5.10 Å². The third-order valence-electron chi connectivity index (χ3n) is 6.13. The Morgan fingerprint density at radius 3 is 3.08 bits per heavy atom. The van der Waals surface area contributed by atoms with Crippen LogP contribution < -0.4 is 5.32 Å². The molecule has 0 aromatic carbocycles. The van der Waals surface area contributed by atoms with Crippen molar-refractivity contribution in [1.29, 1.82) is 0 Å². The molecule has 2 N–H and O–H groups in total. The van der Waals surface area contributed by atoms with Crippen LogP contribution in [-0.2, 0) is 28.9 Å². The minimum Gasteiger partial charge on any atom is -0.375 e. The Morgan fingerprint density at radius 1 is 1.28 bits per heavy atom. The first kappa shape index (κ1) is 17.0. The van der Waals surface area contributed by atoms with Gasteiger partial charge in [0.2, 0.25) is 5.91 Å². The maximum absolute atomic E-state index is 13.0. The Bertz CT molecular complexity index is 615. The predicted octanol–water partition coefficient (Wildman–Crippen LogP) is 1.79. The molecule has 3 atom stereocenters. The lowest BCUT2D eigenvalue weighted by molar-refractivity contribution is -0.138. The number of aromatic nitrogens is 2. The molecule has 0 radical (unpaired) electrons. The number of hydrogen-bond donors (Lipinski definition) is 2. The van der Waals surface area contributed by atoms with E-state index in [1.54, 1.807) is 0 Å². The molecule has 1 aromatic rings. The van der Waals surface area contributed by atoms with Gasteiger partial charge < -0.3 is 15.0 Å². The molecule has 25 heavy (non-hydrogen) atoms. The van der Waals surface area contributed by atoms with Crippen LogP contribution in [0.15, 0.2) is 0 Å². The number of carbonyl (C=O) groups is 1. The predicted molar refractivity (Wildman–Crippen MR) is 95.2 cm³/mol. The third kappa shape index (κ3) is 3.60. The Morgan fingerprint density at radius 2 is 2.16 bits per heavy atom. The summed E-state index contributed by atoms with van der Waals surface area (Å²) in [6.07, 6.45) is 9.06. The largest absolute Gasteiger partial charge is 0.375 e. The molecule has 1 saturated heterocycles. The molecule has 4 rings (SSSR count). The standard InChI is InChI=1S/C19H30N4O2/c1-23(12-17-14-5-3-2-4-6-15(14)21-22-17)19(24)13-7-8-18-16(11-13)20-9-10-25-18/h13,16,18,20H,2-12H2,1H3,(H,21,22)/t13-,16+,18+/m0/s1. The summed E-state index contributed by atoms with van der Waals surface area (Å²) in [4.78, 5) is 14.8. The van der Waals surface area contributed by atoms with Gasteiger partial charge in [0.25, 0.3) is 0 Å². The highest BCUT2D eigenvalue weighted by atomic mass is 16.5. The van der Waals surface area contributed by atoms with Crippen LogP contribution in [0, 0.1) is 5.92 Å². The van der Waals surface area contributed by atoms with E-state index >= 15 is 0 Å². The minimum atomic E-state index is 0.109. The van der Waals surface area contributed by atoms with Gasteiger partial charge in [0.15, 0.2) is 0 Å². The topological polar surface area (TPSA) is 70.2 Å². The number of morpholine rings is 1. The van der Waals surface area contributed by atoms with Crippen LogP contribution >= 0.6 is 0 Å². The van der Waals surface area contributed by atoms with Crippen molar-refractivity contribution >= 4 is 5.91 Å². The highest BCUT2D eigenvalue weighted by Crippen LogP contribution is 2.30. The van der Waals surface area contributed by atoms with Gasteiger partial charge in [0, 0.05) is 31.2 Å². The van der Waals surface area contributed by atoms with E-state index in [-0.39, 0.29) is 11.8 Å². The normalized spacial score (nSPS) is 29.4. The Kier molecular flexibility index (Phi) is 5.08. The Labute approximate surface area is 149 Å². The molecule has 1 saturated carbocycles. The van der Waals surface area contributed by atoms with E-state index in [9.17, 15) is 4.79 Å². The first-order valence-electron chi connectivity index (χ1n) is 9.87. The number of H-pyrrole nitrogens is 1. The molecule has 2 fully saturated rings. The van der Waals surface area contributed by atoms with E-state index in [0.29, 0.717) is 18.7 Å². The maximum atomic E-state index is 13.0. The van der Waals surface area contributed by atoms with Crippen LogP contribution in [0.2, 0.25) is 0 Å². The lowest BCUT2D eigenvalue weighted by Crippen LogP contribution is -2.53. The summed E-state index contributed by atoms with van der Waals surface area (Å²) < 4.78 is 5.83. The quantitative estimate of drug-likeness (QED) is 0.819. The van der Waals surface area contributed by atoms with E-state index in [0.717, 1.165) is 50.9 Å². The molecule has 3 aliphatic rings. The van der Waals surface area contributed by atoms with Crippen molar-refractivity contribution < 1.29 is 9.53 Å². The minimum absolute atomic E-state index is 0.109. The van der Waals surface area contributed by atoms with Gasteiger partial charge in [0.1, 0.15) is 0 Å². The second-order valence-electron chi connectivity index (χ2n) is 7.86. The highest BCUT2D eigenvalue weighted by Gasteiger charge is 2.37. The number of aromatic amines is 1. The second-order valence-corrected chi connectivity index (χ2v) is 7.86. The van der Waals surface area contributed by atoms with Crippen LogP contribution in [0.3, 0.4) is 0 Å². The third-order valence-corrected chi connectivity index (χ3v) is 6.13. The van der Waals surface area contributed by atoms with Crippen LogP contribution in [0.1, 0.15) is 55.5 Å². The number of aryl methyl sites for hydroxylation is 1. The zero-order valence-corrected chi connectivity index (χ0v) is 15.2. The van der Waals surface area contributed by atoms with E-state index < -0.39 is 0 Å². The van der Waals surface area contributed by atoms with E-state index in [1.165, 1.54) is 30.5 Å². The highest BCUT2D eigenvalue weighted by molar-refractivity contribution is 5.78. The lowest BCUT2D eigenvalue weighted by Gasteiger charge is -2.40. The van der Waals surface area contributed by atoms with Crippen molar-refractivity contribution in [3.8, 4) is 0 Å². The van der Waals surface area contributed by atoms with Crippen molar-refractivity contribution in [2.45, 2.75) is 70.1 Å². The molecule has 1 aromatic heterocycles. The molecule has 1 aliphatic heterocycles. The number of amides is 1. The molecule has 138 valence electrons. The Hall–Kier alpha value is -1.40. The first-order valence-corrected chi connectivity index (χ1v) is 9.87. The van der Waals surface area contributed by atoms with Gasteiger partial charge in [-0.25, -0.2) is 0 Å². The monoisotopic (exact) mass is 346 g/mol. The van der Waals surface area contributed by atoms with E-state index in [2.05, 4.69) is 15.5 Å². The van der Waals surface area contributed by atoms with Crippen molar-refractivity contribution in [1.82, 2.24) is 20.4 Å². The molecule has 2 aliphatic carbocycles. The van der Waals surface area contributed by atoms with Gasteiger partial charge in [-0.1, -0.05) is 6.42 Å². The van der Waals surface area contributed by atoms with Gasteiger partial charge >= 0.3 is 0 Å². The van der Waals surface area contributed by atoms with Crippen molar-refractivity contribution in [3.05, 3.63) is 17.0 Å². The van der Waals surface area contributed by atoms with Crippen LogP contribution in [0.5, 0.6) is 0 Å². The van der Waals surface area contributed by atoms with E-state index in [1.807, 2.05) is 11.9 Å². The molecule has 1 amide bonds. The molecule has 0 spiro atoms. The van der Waals surface area contributed by atoms with Gasteiger partial charge in [-0.3, -0.25) is 9.89 Å². The van der Waals surface area contributed by atoms with Gasteiger partial charge in [0.05, 0.1) is 24.9 Å². The zero-order valence-electron chi connectivity index (χ0n) is 15.2. The smallest absolute Gasteiger partial charge is 0.225 e. The maximum Gasteiger partial charge on any atom is 0.225 e. The second kappa shape index (κ2) is 7.46. The molecular weight excluding hydrogens is 316 g/mol. The number of nitrogens with one attached hydrogen (secondary N) is 2. The van der Waals surface area contributed by atoms with Crippen molar-refractivity contribution in [2.75, 3.05) is 20.2 Å².